The third kappa shape index (κ3) is 4.28. The molecule has 0 aliphatic heterocycles. The summed E-state index contributed by atoms with van der Waals surface area (Å²) >= 11 is 0. The van der Waals surface area contributed by atoms with E-state index in [2.05, 4.69) is 0 Å². The number of phosphoric acid groups is 1. The van der Waals surface area contributed by atoms with Gasteiger partial charge in [-0.25, -0.2) is 8.96 Å². The van der Waals surface area contributed by atoms with Crippen LogP contribution in [-0.4, -0.2) is 95.1 Å². The van der Waals surface area contributed by atoms with E-state index in [1.807, 2.05) is 0 Å². The second kappa shape index (κ2) is 9.56. The van der Waals surface area contributed by atoms with Crippen molar-refractivity contribution < 1.29 is 48.5 Å². The number of aliphatic hydroxyl groups is 3. The average molecular weight is 514 g/mol. The van der Waals surface area contributed by atoms with Crippen LogP contribution in [0.4, 0.5) is 4.39 Å². The molecule has 12 heteroatoms. The van der Waals surface area contributed by atoms with E-state index in [0.29, 0.717) is 24.8 Å². The number of ketones is 2. The zero-order chi connectivity index (χ0) is 25.2. The molecule has 0 radical (unpaired) electrons. The molecule has 0 aromatic heterocycles. The Bertz CT molecular complexity index is 958. The second-order valence-corrected chi connectivity index (χ2v) is 11.3. The predicted molar refractivity (Wildman–Crippen MR) is 121 cm³/mol. The molecule has 4 aliphatic carbocycles. The molecule has 0 aromatic carbocycles. The van der Waals surface area contributed by atoms with Gasteiger partial charge in [0.1, 0.15) is 12.2 Å². The van der Waals surface area contributed by atoms with Gasteiger partial charge in [-0.05, 0) is 56.6 Å². The molecular weight excluding hydrogens is 481 g/mol. The SMILES string of the molecule is C[C@H]1C[C@H]2[C@@H]3CCC4=CC(=O)C=C[C@]4(C)[C@@]3(F)[C@@H](O)C[C@]2(C)[C@@]1(O)C(=O)CO.O=P(O)(O)O.[NaH]. The van der Waals surface area contributed by atoms with Crippen molar-refractivity contribution in [1.82, 2.24) is 0 Å². The van der Waals surface area contributed by atoms with Crippen LogP contribution in [0, 0.1) is 28.6 Å². The topological polar surface area (TPSA) is 173 Å². The van der Waals surface area contributed by atoms with Crippen molar-refractivity contribution in [2.24, 2.45) is 28.6 Å². The summed E-state index contributed by atoms with van der Waals surface area (Å²) in [5, 5.41) is 32.0. The summed E-state index contributed by atoms with van der Waals surface area (Å²) < 4.78 is 25.7. The summed E-state index contributed by atoms with van der Waals surface area (Å²) in [4.78, 5) is 45.9. The molecule has 0 bridgehead atoms. The Labute approximate surface area is 219 Å². The first-order chi connectivity index (χ1) is 15.0. The van der Waals surface area contributed by atoms with Gasteiger partial charge in [0, 0.05) is 16.7 Å². The molecule has 0 heterocycles. The fourth-order valence-corrected chi connectivity index (χ4v) is 7.26. The standard InChI is InChI=1S/C22H29FO5.Na.H3O4P.H/c1-12-8-16-15-5-4-13-9-14(25)6-7-19(13,2)21(15,23)17(26)10-20(16,3)22(12,28)18(27)11-24;;1-5(2,3)4;/h6-7,9,12,15-17,24,26,28H,4-5,8,10-11H2,1-3H3;;(H3,1,2,3,4);/t12-,15-,16-,17-,19-,20-,21-,22-;;;/m0.../s1. The molecule has 8 atom stereocenters. The average Bonchev–Trinajstić information content (AvgIpc) is 2.89. The molecule has 0 spiro atoms. The van der Waals surface area contributed by atoms with Crippen molar-refractivity contribution >= 4 is 48.9 Å². The molecule has 188 valence electrons. The van der Waals surface area contributed by atoms with E-state index in [1.54, 1.807) is 26.8 Å². The first-order valence-corrected chi connectivity index (χ1v) is 12.5. The minimum atomic E-state index is -4.64. The molecule has 34 heavy (non-hydrogen) atoms. The van der Waals surface area contributed by atoms with Crippen LogP contribution in [0.5, 0.6) is 0 Å². The van der Waals surface area contributed by atoms with E-state index < -0.39 is 60.3 Å². The second-order valence-electron chi connectivity index (χ2n) is 10.3. The number of carbonyl (C=O) groups is 2. The van der Waals surface area contributed by atoms with Crippen molar-refractivity contribution in [3.8, 4) is 0 Å². The number of carbonyl (C=O) groups excluding carboxylic acids is 2. The van der Waals surface area contributed by atoms with Crippen LogP contribution >= 0.6 is 7.82 Å². The summed E-state index contributed by atoms with van der Waals surface area (Å²) in [6, 6.07) is 0. The van der Waals surface area contributed by atoms with Gasteiger partial charge in [0.2, 0.25) is 0 Å². The van der Waals surface area contributed by atoms with Gasteiger partial charge in [-0.3, -0.25) is 9.59 Å². The van der Waals surface area contributed by atoms with Crippen LogP contribution in [-0.2, 0) is 14.2 Å². The number of hydrogen-bond donors (Lipinski definition) is 6. The first kappa shape index (κ1) is 30.0. The Hall–Kier alpha value is -0.260. The normalized spacial score (nSPS) is 45.0. The molecule has 0 saturated heterocycles. The molecule has 3 saturated carbocycles. The number of rotatable bonds is 2. The van der Waals surface area contributed by atoms with Gasteiger partial charge >= 0.3 is 37.4 Å². The van der Waals surface area contributed by atoms with Gasteiger partial charge in [-0.2, -0.15) is 0 Å². The maximum absolute atomic E-state index is 16.9. The summed E-state index contributed by atoms with van der Waals surface area (Å²) in [7, 11) is -4.64. The van der Waals surface area contributed by atoms with Crippen LogP contribution < -0.4 is 0 Å². The van der Waals surface area contributed by atoms with Crippen LogP contribution in [0.2, 0.25) is 0 Å². The third-order valence-corrected chi connectivity index (χ3v) is 8.79. The zero-order valence-corrected chi connectivity index (χ0v) is 19.7. The molecule has 3 fully saturated rings. The van der Waals surface area contributed by atoms with Crippen LogP contribution in [0.15, 0.2) is 23.8 Å². The number of allylic oxidation sites excluding steroid dienone is 4. The molecule has 0 unspecified atom stereocenters. The molecule has 9 nitrogen and oxygen atoms in total. The molecule has 6 N–H and O–H groups in total. The molecule has 0 amide bonds. The summed E-state index contributed by atoms with van der Waals surface area (Å²) in [6.45, 7) is 4.48. The van der Waals surface area contributed by atoms with E-state index in [-0.39, 0.29) is 47.7 Å². The fraction of sp³-hybridized carbons (Fsp3) is 0.727. The van der Waals surface area contributed by atoms with Gasteiger partial charge in [-0.15, -0.1) is 0 Å². The minimum absolute atomic E-state index is 0. The Morgan fingerprint density at radius 1 is 1.24 bits per heavy atom. The van der Waals surface area contributed by atoms with Crippen molar-refractivity contribution in [3.05, 3.63) is 23.8 Å². The number of hydrogen-bond acceptors (Lipinski definition) is 6. The van der Waals surface area contributed by atoms with Crippen molar-refractivity contribution in [2.75, 3.05) is 6.61 Å². The number of alkyl halides is 1. The van der Waals surface area contributed by atoms with Gasteiger partial charge < -0.3 is 30.0 Å². The van der Waals surface area contributed by atoms with Crippen LogP contribution in [0.25, 0.3) is 0 Å². The molecular formula is C22H33FNaO9P. The maximum atomic E-state index is 16.9. The third-order valence-electron chi connectivity index (χ3n) is 8.79. The number of aliphatic hydroxyl groups excluding tert-OH is 2. The Morgan fingerprint density at radius 2 is 1.79 bits per heavy atom. The van der Waals surface area contributed by atoms with Crippen molar-refractivity contribution in [1.29, 1.82) is 0 Å². The van der Waals surface area contributed by atoms with Gasteiger partial charge in [0.05, 0.1) is 6.10 Å². The quantitative estimate of drug-likeness (QED) is 0.224. The number of halogens is 1. The summed E-state index contributed by atoms with van der Waals surface area (Å²) in [5.41, 5.74) is -5.17. The first-order valence-electron chi connectivity index (χ1n) is 10.9. The molecule has 4 aliphatic rings. The number of fused-ring (bicyclic) bond motifs is 5. The van der Waals surface area contributed by atoms with Gasteiger partial charge in [0.15, 0.2) is 17.2 Å². The predicted octanol–water partition coefficient (Wildman–Crippen LogP) is 0.319. The fourth-order valence-electron chi connectivity index (χ4n) is 7.26. The Balaban J connectivity index is 0.000000619. The summed E-state index contributed by atoms with van der Waals surface area (Å²) in [5.74, 6) is -2.12. The molecule has 4 rings (SSSR count). The number of Topliss-reactive ketones (excluding diaryl/α,β-unsaturated/α-hetero) is 1. The van der Waals surface area contributed by atoms with E-state index in [1.165, 1.54) is 12.2 Å². The van der Waals surface area contributed by atoms with E-state index >= 15 is 4.39 Å². The van der Waals surface area contributed by atoms with Crippen molar-refractivity contribution in [3.63, 3.8) is 0 Å². The van der Waals surface area contributed by atoms with Gasteiger partial charge in [-0.1, -0.05) is 25.5 Å². The monoisotopic (exact) mass is 514 g/mol. The Morgan fingerprint density at radius 3 is 2.32 bits per heavy atom. The zero-order valence-electron chi connectivity index (χ0n) is 18.8. The summed E-state index contributed by atoms with van der Waals surface area (Å²) in [6.07, 6.45) is 4.44. The van der Waals surface area contributed by atoms with E-state index in [9.17, 15) is 24.9 Å². The van der Waals surface area contributed by atoms with Gasteiger partial charge in [0.25, 0.3) is 0 Å². The van der Waals surface area contributed by atoms with Crippen LogP contribution in [0.3, 0.4) is 0 Å². The van der Waals surface area contributed by atoms with E-state index in [0.717, 1.165) is 0 Å². The van der Waals surface area contributed by atoms with Crippen LogP contribution in [0.1, 0.15) is 46.5 Å². The Kier molecular flexibility index (Phi) is 8.43. The van der Waals surface area contributed by atoms with Crippen molar-refractivity contribution in [2.45, 2.75) is 63.8 Å². The van der Waals surface area contributed by atoms with E-state index in [4.69, 9.17) is 19.2 Å². The molecule has 0 aromatic rings.